The molecule has 8 heteroatoms. The van der Waals surface area contributed by atoms with Crippen molar-refractivity contribution in [3.63, 3.8) is 0 Å². The van der Waals surface area contributed by atoms with E-state index in [0.29, 0.717) is 24.0 Å². The average Bonchev–Trinajstić information content (AvgIpc) is 2.63. The lowest BCUT2D eigenvalue weighted by atomic mass is 9.97. The Hall–Kier alpha value is -1.03. The van der Waals surface area contributed by atoms with Crippen LogP contribution in [0.4, 0.5) is 13.2 Å². The smallest absolute Gasteiger partial charge is 0.356 e. The molecule has 0 radical (unpaired) electrons. The Bertz CT molecular complexity index is 585. The fraction of sp³-hybridized carbons (Fsp3) is 0.632. The molecule has 2 rings (SSSR count). The van der Waals surface area contributed by atoms with Crippen molar-refractivity contribution in [2.24, 2.45) is 10.9 Å². The van der Waals surface area contributed by atoms with Crippen LogP contribution in [0.3, 0.4) is 0 Å². The van der Waals surface area contributed by atoms with Crippen molar-refractivity contribution in [1.82, 2.24) is 15.5 Å². The molecule has 0 aromatic heterocycles. The van der Waals surface area contributed by atoms with Gasteiger partial charge in [0.1, 0.15) is 0 Å². The Kier molecular flexibility index (Phi) is 10.4. The number of rotatable bonds is 6. The number of nitrogens with zero attached hydrogens (tertiary/aromatic N) is 2. The van der Waals surface area contributed by atoms with Crippen LogP contribution in [0.25, 0.3) is 0 Å². The second-order valence-electron chi connectivity index (χ2n) is 6.79. The summed E-state index contributed by atoms with van der Waals surface area (Å²) in [6, 6.07) is 5.37. The lowest BCUT2D eigenvalue weighted by Gasteiger charge is -2.32. The molecule has 1 fully saturated rings. The van der Waals surface area contributed by atoms with Gasteiger partial charge in [-0.2, -0.15) is 13.2 Å². The highest BCUT2D eigenvalue weighted by Gasteiger charge is 2.30. The van der Waals surface area contributed by atoms with Crippen molar-refractivity contribution in [2.75, 3.05) is 33.2 Å². The van der Waals surface area contributed by atoms with Crippen molar-refractivity contribution >= 4 is 29.9 Å². The molecule has 1 aliphatic rings. The zero-order valence-corrected chi connectivity index (χ0v) is 18.3. The maximum absolute atomic E-state index is 12.8. The monoisotopic (exact) mass is 498 g/mol. The number of aliphatic imine (C=N–C) groups is 1. The first-order valence-electron chi connectivity index (χ1n) is 9.25. The van der Waals surface area contributed by atoms with Gasteiger partial charge >= 0.3 is 6.18 Å². The molecule has 1 aliphatic heterocycles. The fourth-order valence-electron chi connectivity index (χ4n) is 3.24. The molecule has 2 N–H and O–H groups in total. The second kappa shape index (κ2) is 11.7. The highest BCUT2D eigenvalue weighted by atomic mass is 127. The van der Waals surface area contributed by atoms with Crippen LogP contribution in [0, 0.1) is 5.92 Å². The first-order valence-corrected chi connectivity index (χ1v) is 9.25. The van der Waals surface area contributed by atoms with Crippen molar-refractivity contribution in [3.8, 4) is 0 Å². The standard InChI is InChI=1S/C19H29F3N4.HI/c1-3-9-26-10-7-15(8-11-26)13-24-18(23-2)25-14-16-5-4-6-17(12-16)19(20,21)22;/h4-6,12,15H,3,7-11,13-14H2,1-2H3,(H2,23,24,25);1H. The molecule has 4 nitrogen and oxygen atoms in total. The van der Waals surface area contributed by atoms with Crippen LogP contribution >= 0.6 is 24.0 Å². The third kappa shape index (κ3) is 8.25. The predicted octanol–water partition coefficient (Wildman–Crippen LogP) is 4.11. The third-order valence-corrected chi connectivity index (χ3v) is 4.74. The third-order valence-electron chi connectivity index (χ3n) is 4.74. The zero-order chi connectivity index (χ0) is 19.0. The minimum atomic E-state index is -4.32. The molecule has 0 spiro atoms. The van der Waals surface area contributed by atoms with E-state index in [2.05, 4.69) is 27.4 Å². The minimum Gasteiger partial charge on any atom is -0.356 e. The minimum absolute atomic E-state index is 0. The summed E-state index contributed by atoms with van der Waals surface area (Å²) >= 11 is 0. The first-order chi connectivity index (χ1) is 12.4. The molecule has 1 aromatic carbocycles. The SMILES string of the molecule is CCCN1CCC(CNC(=NC)NCc2cccc(C(F)(F)F)c2)CC1.I. The van der Waals surface area contributed by atoms with E-state index in [9.17, 15) is 13.2 Å². The number of alkyl halides is 3. The highest BCUT2D eigenvalue weighted by Crippen LogP contribution is 2.29. The maximum Gasteiger partial charge on any atom is 0.416 e. The number of hydrogen-bond donors (Lipinski definition) is 2. The highest BCUT2D eigenvalue weighted by molar-refractivity contribution is 14.0. The maximum atomic E-state index is 12.8. The van der Waals surface area contributed by atoms with E-state index in [4.69, 9.17) is 0 Å². The number of guanidine groups is 1. The molecule has 0 unspecified atom stereocenters. The van der Waals surface area contributed by atoms with Crippen molar-refractivity contribution < 1.29 is 13.2 Å². The number of halogens is 4. The van der Waals surface area contributed by atoms with Crippen molar-refractivity contribution in [1.29, 1.82) is 0 Å². The summed E-state index contributed by atoms with van der Waals surface area (Å²) < 4.78 is 38.3. The van der Waals surface area contributed by atoms with Gasteiger partial charge in [-0.25, -0.2) is 0 Å². The van der Waals surface area contributed by atoms with Crippen LogP contribution in [-0.2, 0) is 12.7 Å². The molecule has 0 bridgehead atoms. The molecule has 0 saturated carbocycles. The number of nitrogens with one attached hydrogen (secondary N) is 2. The van der Waals surface area contributed by atoms with Gasteiger partial charge in [0.25, 0.3) is 0 Å². The van der Waals surface area contributed by atoms with E-state index in [1.807, 2.05) is 0 Å². The van der Waals surface area contributed by atoms with Gasteiger partial charge in [0.05, 0.1) is 5.56 Å². The van der Waals surface area contributed by atoms with Gasteiger partial charge in [0, 0.05) is 20.1 Å². The van der Waals surface area contributed by atoms with Gasteiger partial charge in [-0.05, 0) is 62.5 Å². The summed E-state index contributed by atoms with van der Waals surface area (Å²) in [5.41, 5.74) is -0.0470. The van der Waals surface area contributed by atoms with Crippen LogP contribution < -0.4 is 10.6 Å². The summed E-state index contributed by atoms with van der Waals surface area (Å²) in [4.78, 5) is 6.66. The Morgan fingerprint density at radius 3 is 2.52 bits per heavy atom. The summed E-state index contributed by atoms with van der Waals surface area (Å²) in [6.45, 7) is 6.78. The fourth-order valence-corrected chi connectivity index (χ4v) is 3.24. The van der Waals surface area contributed by atoms with E-state index in [1.54, 1.807) is 13.1 Å². The molecule has 0 amide bonds. The number of hydrogen-bond acceptors (Lipinski definition) is 2. The normalized spacial score (nSPS) is 16.7. The van der Waals surface area contributed by atoms with Crippen molar-refractivity contribution in [3.05, 3.63) is 35.4 Å². The zero-order valence-electron chi connectivity index (χ0n) is 16.0. The van der Waals surface area contributed by atoms with Gasteiger partial charge < -0.3 is 15.5 Å². The molecule has 1 saturated heterocycles. The predicted molar refractivity (Wildman–Crippen MR) is 115 cm³/mol. The summed E-state index contributed by atoms with van der Waals surface area (Å²) in [7, 11) is 1.67. The van der Waals surface area contributed by atoms with Crippen LogP contribution in [0.1, 0.15) is 37.3 Å². The summed E-state index contributed by atoms with van der Waals surface area (Å²) in [5.74, 6) is 1.23. The first kappa shape index (κ1) is 24.0. The topological polar surface area (TPSA) is 39.7 Å². The number of likely N-dealkylation sites (tertiary alicyclic amines) is 1. The van der Waals surface area contributed by atoms with E-state index in [-0.39, 0.29) is 24.0 Å². The molecule has 27 heavy (non-hydrogen) atoms. The number of piperidine rings is 1. The van der Waals surface area contributed by atoms with Crippen molar-refractivity contribution in [2.45, 2.75) is 38.9 Å². The van der Waals surface area contributed by atoms with E-state index in [0.717, 1.165) is 38.5 Å². The van der Waals surface area contributed by atoms with Crippen LogP contribution in [-0.4, -0.2) is 44.1 Å². The summed E-state index contributed by atoms with van der Waals surface area (Å²) in [6.07, 6.45) is -0.799. The molecule has 0 aliphatic carbocycles. The van der Waals surface area contributed by atoms with Gasteiger partial charge in [0.2, 0.25) is 0 Å². The molecule has 1 aromatic rings. The van der Waals surface area contributed by atoms with Crippen LogP contribution in [0.5, 0.6) is 0 Å². The molecule has 154 valence electrons. The van der Waals surface area contributed by atoms with E-state index in [1.165, 1.54) is 25.1 Å². The molecular formula is C19H30F3IN4. The average molecular weight is 498 g/mol. The molecule has 1 heterocycles. The number of benzene rings is 1. The molecular weight excluding hydrogens is 468 g/mol. The van der Waals surface area contributed by atoms with Gasteiger partial charge in [-0.3, -0.25) is 4.99 Å². The van der Waals surface area contributed by atoms with Gasteiger partial charge in [-0.15, -0.1) is 24.0 Å². The summed E-state index contributed by atoms with van der Waals surface area (Å²) in [5, 5.41) is 6.39. The Labute approximate surface area is 177 Å². The largest absolute Gasteiger partial charge is 0.416 e. The van der Waals surface area contributed by atoms with E-state index < -0.39 is 11.7 Å². The lowest BCUT2D eigenvalue weighted by molar-refractivity contribution is -0.137. The molecule has 0 atom stereocenters. The Balaban J connectivity index is 0.00000364. The lowest BCUT2D eigenvalue weighted by Crippen LogP contribution is -2.42. The Morgan fingerprint density at radius 2 is 1.93 bits per heavy atom. The van der Waals surface area contributed by atoms with Gasteiger partial charge in [-0.1, -0.05) is 19.1 Å². The van der Waals surface area contributed by atoms with Gasteiger partial charge in [0.15, 0.2) is 5.96 Å². The Morgan fingerprint density at radius 1 is 1.22 bits per heavy atom. The van der Waals surface area contributed by atoms with E-state index >= 15 is 0 Å². The quantitative estimate of drug-likeness (QED) is 0.353. The second-order valence-corrected chi connectivity index (χ2v) is 6.79. The van der Waals surface area contributed by atoms with Crippen LogP contribution in [0.2, 0.25) is 0 Å². The van der Waals surface area contributed by atoms with Crippen LogP contribution in [0.15, 0.2) is 29.3 Å².